The second-order valence-corrected chi connectivity index (χ2v) is 11.1. The Morgan fingerprint density at radius 1 is 1.00 bits per heavy atom. The van der Waals surface area contributed by atoms with Crippen molar-refractivity contribution in [3.05, 3.63) is 88.6 Å². The zero-order valence-electron chi connectivity index (χ0n) is 23.0. The predicted molar refractivity (Wildman–Crippen MR) is 157 cm³/mol. The molecule has 0 bridgehead atoms. The van der Waals surface area contributed by atoms with Crippen LogP contribution in [-0.2, 0) is 6.42 Å². The molecular weight excluding hydrogens is 526 g/mol. The number of ether oxygens (including phenoxy) is 3. The van der Waals surface area contributed by atoms with E-state index in [1.54, 1.807) is 19.2 Å². The van der Waals surface area contributed by atoms with Crippen molar-refractivity contribution in [2.24, 2.45) is 0 Å². The molecule has 40 heavy (non-hydrogen) atoms. The second-order valence-electron chi connectivity index (χ2n) is 10.7. The number of fused-ring (bicyclic) bond motifs is 3. The highest BCUT2D eigenvalue weighted by atomic mass is 35.5. The van der Waals surface area contributed by atoms with Gasteiger partial charge in [0.25, 0.3) is 6.41 Å². The minimum absolute atomic E-state index is 0.246. The number of hydrogen-bond donors (Lipinski definition) is 2. The second kappa shape index (κ2) is 11.7. The van der Waals surface area contributed by atoms with Crippen molar-refractivity contribution < 1.29 is 19.3 Å². The molecule has 3 aromatic carbocycles. The van der Waals surface area contributed by atoms with E-state index in [2.05, 4.69) is 29.1 Å². The maximum Gasteiger partial charge on any atom is 0.260 e. The number of methoxy groups -OCH3 is 1. The molecule has 2 N–H and O–H groups in total. The SMILES string of the molecule is COc1ccc(OC(O)N2CCc3c([nH]c4ccc(Cl)cc34)C2c2ccc(OCCC3CCCN3C)cc2)cc1. The molecule has 0 amide bonds. The molecule has 3 unspecified atom stereocenters. The van der Waals surface area contributed by atoms with Crippen molar-refractivity contribution in [3.8, 4) is 17.2 Å². The number of hydrogen-bond acceptors (Lipinski definition) is 6. The first-order valence-electron chi connectivity index (χ1n) is 14.0. The lowest BCUT2D eigenvalue weighted by molar-refractivity contribution is -0.150. The lowest BCUT2D eigenvalue weighted by atomic mass is 9.92. The quantitative estimate of drug-likeness (QED) is 0.244. The molecule has 0 aliphatic carbocycles. The van der Waals surface area contributed by atoms with Gasteiger partial charge in [-0.25, -0.2) is 4.90 Å². The summed E-state index contributed by atoms with van der Waals surface area (Å²) in [7, 11) is 3.82. The van der Waals surface area contributed by atoms with Crippen molar-refractivity contribution in [1.29, 1.82) is 0 Å². The monoisotopic (exact) mass is 561 g/mol. The van der Waals surface area contributed by atoms with Crippen LogP contribution in [0.3, 0.4) is 0 Å². The zero-order chi connectivity index (χ0) is 27.6. The van der Waals surface area contributed by atoms with Crippen LogP contribution in [0.5, 0.6) is 17.2 Å². The standard InChI is InChI=1S/C32H36ClN3O4/c1-35-17-3-4-23(35)16-19-39-25-8-5-21(6-9-25)31-30-27(28-20-22(33)7-14-29(28)34-30)15-18-36(31)32(37)40-26-12-10-24(38-2)11-13-26/h5-14,20,23,31-32,34,37H,3-4,15-19H2,1-2H3. The van der Waals surface area contributed by atoms with Crippen molar-refractivity contribution in [2.45, 2.75) is 44.2 Å². The lowest BCUT2D eigenvalue weighted by Gasteiger charge is -2.38. The summed E-state index contributed by atoms with van der Waals surface area (Å²) in [5.41, 5.74) is 4.33. The molecule has 6 rings (SSSR count). The average molecular weight is 562 g/mol. The third kappa shape index (κ3) is 5.52. The average Bonchev–Trinajstić information content (AvgIpc) is 3.55. The van der Waals surface area contributed by atoms with Crippen LogP contribution in [0.4, 0.5) is 0 Å². The first-order chi connectivity index (χ1) is 19.5. The van der Waals surface area contributed by atoms with Gasteiger partial charge < -0.3 is 29.2 Å². The maximum absolute atomic E-state index is 11.3. The third-order valence-electron chi connectivity index (χ3n) is 8.30. The fourth-order valence-electron chi connectivity index (χ4n) is 6.12. The molecule has 2 aliphatic heterocycles. The summed E-state index contributed by atoms with van der Waals surface area (Å²) in [4.78, 5) is 8.03. The number of nitrogens with one attached hydrogen (secondary N) is 1. The predicted octanol–water partition coefficient (Wildman–Crippen LogP) is 6.00. The van der Waals surface area contributed by atoms with Crippen LogP contribution in [0.2, 0.25) is 5.02 Å². The van der Waals surface area contributed by atoms with E-state index >= 15 is 0 Å². The smallest absolute Gasteiger partial charge is 0.260 e. The summed E-state index contributed by atoms with van der Waals surface area (Å²) in [6.07, 6.45) is 3.15. The number of aromatic amines is 1. The minimum atomic E-state index is -1.15. The van der Waals surface area contributed by atoms with E-state index in [0.717, 1.165) is 46.5 Å². The van der Waals surface area contributed by atoms with Crippen molar-refractivity contribution in [3.63, 3.8) is 0 Å². The van der Waals surface area contributed by atoms with Crippen LogP contribution >= 0.6 is 11.6 Å². The van der Waals surface area contributed by atoms with Gasteiger partial charge in [-0.3, -0.25) is 0 Å². The molecule has 0 radical (unpaired) electrons. The molecule has 3 atom stereocenters. The van der Waals surface area contributed by atoms with Crippen LogP contribution < -0.4 is 14.2 Å². The van der Waals surface area contributed by atoms with E-state index in [1.165, 1.54) is 24.9 Å². The summed E-state index contributed by atoms with van der Waals surface area (Å²) in [5, 5.41) is 13.2. The number of aliphatic hydroxyl groups excluding tert-OH is 1. The van der Waals surface area contributed by atoms with Gasteiger partial charge in [0.2, 0.25) is 0 Å². The van der Waals surface area contributed by atoms with Gasteiger partial charge in [-0.15, -0.1) is 0 Å². The third-order valence-corrected chi connectivity index (χ3v) is 8.53. The summed E-state index contributed by atoms with van der Waals surface area (Å²) < 4.78 is 17.4. The lowest BCUT2D eigenvalue weighted by Crippen LogP contribution is -2.46. The van der Waals surface area contributed by atoms with Gasteiger partial charge in [-0.05, 0) is 105 Å². The minimum Gasteiger partial charge on any atom is -0.497 e. The normalized spacial score (nSPS) is 20.4. The molecule has 7 nitrogen and oxygen atoms in total. The molecule has 0 saturated carbocycles. The molecule has 1 aromatic heterocycles. The Labute approximate surface area is 240 Å². The number of benzene rings is 3. The molecule has 210 valence electrons. The molecule has 1 saturated heterocycles. The number of aliphatic hydroxyl groups is 1. The first-order valence-corrected chi connectivity index (χ1v) is 14.4. The van der Waals surface area contributed by atoms with Gasteiger partial charge in [-0.1, -0.05) is 23.7 Å². The molecular formula is C32H36ClN3O4. The van der Waals surface area contributed by atoms with Crippen LogP contribution in [-0.4, -0.2) is 66.2 Å². The topological polar surface area (TPSA) is 70.2 Å². The molecule has 3 heterocycles. The Balaban J connectivity index is 1.26. The maximum atomic E-state index is 11.3. The molecule has 0 spiro atoms. The van der Waals surface area contributed by atoms with E-state index in [-0.39, 0.29) is 6.04 Å². The Hall–Kier alpha value is -3.23. The van der Waals surface area contributed by atoms with Crippen molar-refractivity contribution in [2.75, 3.05) is 33.9 Å². The number of rotatable bonds is 9. The summed E-state index contributed by atoms with van der Waals surface area (Å²) >= 11 is 6.36. The van der Waals surface area contributed by atoms with Crippen LogP contribution in [0, 0.1) is 0 Å². The van der Waals surface area contributed by atoms with E-state index < -0.39 is 6.41 Å². The van der Waals surface area contributed by atoms with Gasteiger partial charge in [0.1, 0.15) is 17.2 Å². The van der Waals surface area contributed by atoms with Crippen molar-refractivity contribution >= 4 is 22.5 Å². The number of nitrogens with zero attached hydrogens (tertiary/aromatic N) is 2. The largest absolute Gasteiger partial charge is 0.497 e. The van der Waals surface area contributed by atoms with Gasteiger partial charge in [0, 0.05) is 34.2 Å². The fraction of sp³-hybridized carbons (Fsp3) is 0.375. The zero-order valence-corrected chi connectivity index (χ0v) is 23.7. The van der Waals surface area contributed by atoms with Crippen LogP contribution in [0.15, 0.2) is 66.7 Å². The highest BCUT2D eigenvalue weighted by molar-refractivity contribution is 6.31. The first kappa shape index (κ1) is 27.0. The number of H-pyrrole nitrogens is 1. The highest BCUT2D eigenvalue weighted by Crippen LogP contribution is 2.40. The number of halogens is 1. The summed E-state index contributed by atoms with van der Waals surface area (Å²) in [5.74, 6) is 2.15. The Morgan fingerprint density at radius 3 is 2.48 bits per heavy atom. The molecule has 4 aromatic rings. The number of likely N-dealkylation sites (tertiary alicyclic amines) is 1. The fourth-order valence-corrected chi connectivity index (χ4v) is 6.29. The van der Waals surface area contributed by atoms with E-state index in [1.807, 2.05) is 47.4 Å². The Morgan fingerprint density at radius 2 is 1.75 bits per heavy atom. The van der Waals surface area contributed by atoms with Gasteiger partial charge >= 0.3 is 0 Å². The van der Waals surface area contributed by atoms with E-state index in [0.29, 0.717) is 30.0 Å². The van der Waals surface area contributed by atoms with Gasteiger partial charge in [-0.2, -0.15) is 0 Å². The van der Waals surface area contributed by atoms with Crippen LogP contribution in [0.1, 0.15) is 42.1 Å². The van der Waals surface area contributed by atoms with Crippen molar-refractivity contribution in [1.82, 2.24) is 14.8 Å². The summed E-state index contributed by atoms with van der Waals surface area (Å²) in [6.45, 7) is 2.49. The van der Waals surface area contributed by atoms with Gasteiger partial charge in [0.05, 0.1) is 19.8 Å². The Kier molecular flexibility index (Phi) is 7.89. The van der Waals surface area contributed by atoms with E-state index in [9.17, 15) is 5.11 Å². The van der Waals surface area contributed by atoms with Gasteiger partial charge in [0.15, 0.2) is 0 Å². The number of aromatic nitrogens is 1. The molecule has 8 heteroatoms. The van der Waals surface area contributed by atoms with E-state index in [4.69, 9.17) is 25.8 Å². The molecule has 1 fully saturated rings. The molecule has 2 aliphatic rings. The van der Waals surface area contributed by atoms with Crippen LogP contribution in [0.25, 0.3) is 10.9 Å². The Bertz CT molecular complexity index is 1440. The highest BCUT2D eigenvalue weighted by Gasteiger charge is 2.36. The summed E-state index contributed by atoms with van der Waals surface area (Å²) in [6, 6.07) is 21.7.